The van der Waals surface area contributed by atoms with Crippen LogP contribution in [0.2, 0.25) is 0 Å². The fourth-order valence-corrected chi connectivity index (χ4v) is 1.73. The van der Waals surface area contributed by atoms with Crippen molar-refractivity contribution in [2.24, 2.45) is 5.10 Å². The van der Waals surface area contributed by atoms with Crippen LogP contribution in [-0.2, 0) is 0 Å². The second kappa shape index (κ2) is 6.48. The predicted octanol–water partition coefficient (Wildman–Crippen LogP) is 1.44. The summed E-state index contributed by atoms with van der Waals surface area (Å²) in [5.41, 5.74) is 3.13. The van der Waals surface area contributed by atoms with Crippen molar-refractivity contribution in [1.29, 1.82) is 0 Å². The largest absolute Gasteiger partial charge is 0.490 e. The highest BCUT2D eigenvalue weighted by atomic mass is 16.6. The quantitative estimate of drug-likeness (QED) is 0.489. The van der Waals surface area contributed by atoms with Crippen LogP contribution in [0.15, 0.2) is 34.2 Å². The summed E-state index contributed by atoms with van der Waals surface area (Å²) in [4.78, 5) is 28.1. The third-order valence-corrected chi connectivity index (χ3v) is 2.65. The van der Waals surface area contributed by atoms with E-state index in [1.165, 1.54) is 31.5 Å². The Morgan fingerprint density at radius 1 is 1.45 bits per heavy atom. The Balaban J connectivity index is 2.18. The molecular formula is C13H13N5O4. The van der Waals surface area contributed by atoms with Gasteiger partial charge in [-0.15, -0.1) is 0 Å². The fourth-order valence-electron chi connectivity index (χ4n) is 1.73. The van der Waals surface area contributed by atoms with Crippen molar-refractivity contribution in [1.82, 2.24) is 9.97 Å². The van der Waals surface area contributed by atoms with Crippen LogP contribution in [0.1, 0.15) is 11.3 Å². The minimum Gasteiger partial charge on any atom is -0.490 e. The van der Waals surface area contributed by atoms with Gasteiger partial charge in [-0.25, -0.2) is 10.4 Å². The van der Waals surface area contributed by atoms with Gasteiger partial charge in [0.2, 0.25) is 5.95 Å². The molecule has 9 nitrogen and oxygen atoms in total. The molecule has 1 aromatic heterocycles. The number of hydrazone groups is 1. The number of aromatic amines is 1. The lowest BCUT2D eigenvalue weighted by atomic mass is 10.2. The minimum atomic E-state index is -0.538. The summed E-state index contributed by atoms with van der Waals surface area (Å²) >= 11 is 0. The first-order valence-electron chi connectivity index (χ1n) is 6.19. The molecule has 2 aromatic rings. The fraction of sp³-hybridized carbons (Fsp3) is 0.154. The summed E-state index contributed by atoms with van der Waals surface area (Å²) in [5.74, 6) is 0.351. The molecule has 0 fully saturated rings. The van der Waals surface area contributed by atoms with Crippen molar-refractivity contribution >= 4 is 17.9 Å². The van der Waals surface area contributed by atoms with Crippen LogP contribution >= 0.6 is 0 Å². The predicted molar refractivity (Wildman–Crippen MR) is 80.5 cm³/mol. The number of ether oxygens (including phenoxy) is 1. The molecule has 0 radical (unpaired) electrons. The molecule has 0 aliphatic heterocycles. The molecule has 1 heterocycles. The van der Waals surface area contributed by atoms with Gasteiger partial charge in [0.05, 0.1) is 18.2 Å². The van der Waals surface area contributed by atoms with Crippen LogP contribution in [-0.4, -0.2) is 28.2 Å². The van der Waals surface area contributed by atoms with E-state index in [1.54, 1.807) is 13.0 Å². The number of nitro groups is 1. The molecule has 0 aliphatic rings. The molecule has 114 valence electrons. The van der Waals surface area contributed by atoms with E-state index in [-0.39, 0.29) is 22.9 Å². The number of anilines is 1. The first kappa shape index (κ1) is 15.2. The van der Waals surface area contributed by atoms with Gasteiger partial charge in [0.15, 0.2) is 5.75 Å². The number of aryl methyl sites for hydroxylation is 1. The van der Waals surface area contributed by atoms with E-state index < -0.39 is 4.92 Å². The van der Waals surface area contributed by atoms with Gasteiger partial charge in [-0.1, -0.05) is 0 Å². The van der Waals surface area contributed by atoms with Gasteiger partial charge in [0.1, 0.15) is 0 Å². The summed E-state index contributed by atoms with van der Waals surface area (Å²) in [6, 6.07) is 5.77. The Morgan fingerprint density at radius 3 is 2.86 bits per heavy atom. The van der Waals surface area contributed by atoms with Crippen molar-refractivity contribution in [3.05, 3.63) is 56.0 Å². The Morgan fingerprint density at radius 2 is 2.23 bits per heavy atom. The molecule has 0 bridgehead atoms. The minimum absolute atomic E-state index is 0.159. The average Bonchev–Trinajstić information content (AvgIpc) is 2.46. The molecule has 0 saturated carbocycles. The number of hydrogen-bond acceptors (Lipinski definition) is 7. The third-order valence-electron chi connectivity index (χ3n) is 2.65. The number of rotatable bonds is 5. The van der Waals surface area contributed by atoms with Crippen molar-refractivity contribution in [2.75, 3.05) is 12.5 Å². The van der Waals surface area contributed by atoms with E-state index in [9.17, 15) is 14.9 Å². The summed E-state index contributed by atoms with van der Waals surface area (Å²) in [5, 5.41) is 14.8. The average molecular weight is 303 g/mol. The maximum absolute atomic E-state index is 11.3. The van der Waals surface area contributed by atoms with E-state index in [4.69, 9.17) is 4.74 Å². The molecule has 0 spiro atoms. The number of hydrogen-bond donors (Lipinski definition) is 2. The smallest absolute Gasteiger partial charge is 0.311 e. The zero-order valence-electron chi connectivity index (χ0n) is 11.9. The number of H-pyrrole nitrogens is 1. The topological polar surface area (TPSA) is 123 Å². The Labute approximate surface area is 124 Å². The highest BCUT2D eigenvalue weighted by Gasteiger charge is 2.14. The van der Waals surface area contributed by atoms with Gasteiger partial charge < -0.3 is 4.74 Å². The van der Waals surface area contributed by atoms with Crippen LogP contribution < -0.4 is 15.7 Å². The Hall–Kier alpha value is -3.23. The van der Waals surface area contributed by atoms with E-state index in [1.807, 2.05) is 0 Å². The summed E-state index contributed by atoms with van der Waals surface area (Å²) in [6.45, 7) is 1.68. The molecule has 9 heteroatoms. The number of nitrogens with zero attached hydrogens (tertiary/aromatic N) is 3. The SMILES string of the molecule is COc1ccc(/C=N/Nc2nc(C)cc(=O)[nH]2)cc1[N+](=O)[O-]. The summed E-state index contributed by atoms with van der Waals surface area (Å²) in [7, 11) is 1.36. The molecule has 0 unspecified atom stereocenters. The van der Waals surface area contributed by atoms with Crippen molar-refractivity contribution in [3.8, 4) is 5.75 Å². The highest BCUT2D eigenvalue weighted by molar-refractivity contribution is 5.82. The second-order valence-electron chi connectivity index (χ2n) is 4.29. The van der Waals surface area contributed by atoms with Crippen molar-refractivity contribution in [2.45, 2.75) is 6.92 Å². The van der Waals surface area contributed by atoms with Gasteiger partial charge in [0.25, 0.3) is 5.56 Å². The molecule has 2 rings (SSSR count). The lowest BCUT2D eigenvalue weighted by Gasteiger charge is -2.02. The van der Waals surface area contributed by atoms with E-state index >= 15 is 0 Å². The maximum atomic E-state index is 11.3. The standard InChI is InChI=1S/C13H13N5O4/c1-8-5-12(19)16-13(15-8)17-14-7-9-3-4-11(22-2)10(6-9)18(20)21/h3-7H,1-2H3,(H2,15,16,17,19)/b14-7+. The number of methoxy groups -OCH3 is 1. The molecule has 2 N–H and O–H groups in total. The normalized spacial score (nSPS) is 10.6. The first-order chi connectivity index (χ1) is 10.5. The van der Waals surface area contributed by atoms with Crippen molar-refractivity contribution in [3.63, 3.8) is 0 Å². The van der Waals surface area contributed by atoms with Crippen LogP contribution in [0.4, 0.5) is 11.6 Å². The zero-order valence-corrected chi connectivity index (χ0v) is 11.9. The van der Waals surface area contributed by atoms with Gasteiger partial charge >= 0.3 is 5.69 Å². The lowest BCUT2D eigenvalue weighted by molar-refractivity contribution is -0.385. The van der Waals surface area contributed by atoms with Gasteiger partial charge in [-0.2, -0.15) is 5.10 Å². The van der Waals surface area contributed by atoms with Gasteiger partial charge in [-0.3, -0.25) is 19.9 Å². The van der Waals surface area contributed by atoms with E-state index in [0.717, 1.165) is 0 Å². The van der Waals surface area contributed by atoms with E-state index in [0.29, 0.717) is 11.3 Å². The number of benzene rings is 1. The van der Waals surface area contributed by atoms with Crippen LogP contribution in [0.5, 0.6) is 5.75 Å². The van der Waals surface area contributed by atoms with Crippen LogP contribution in [0.3, 0.4) is 0 Å². The number of aromatic nitrogens is 2. The zero-order chi connectivity index (χ0) is 16.1. The third kappa shape index (κ3) is 3.66. The highest BCUT2D eigenvalue weighted by Crippen LogP contribution is 2.26. The maximum Gasteiger partial charge on any atom is 0.311 e. The van der Waals surface area contributed by atoms with Gasteiger partial charge in [0, 0.05) is 23.4 Å². The molecule has 1 aromatic carbocycles. The monoisotopic (exact) mass is 303 g/mol. The Kier molecular flexibility index (Phi) is 4.47. The molecule has 0 aliphatic carbocycles. The van der Waals surface area contributed by atoms with Crippen LogP contribution in [0, 0.1) is 17.0 Å². The first-order valence-corrected chi connectivity index (χ1v) is 6.19. The molecule has 0 atom stereocenters. The molecular weight excluding hydrogens is 290 g/mol. The van der Waals surface area contributed by atoms with E-state index in [2.05, 4.69) is 20.5 Å². The summed E-state index contributed by atoms with van der Waals surface area (Å²) < 4.78 is 4.91. The molecule has 22 heavy (non-hydrogen) atoms. The van der Waals surface area contributed by atoms with Gasteiger partial charge in [-0.05, 0) is 19.1 Å². The second-order valence-corrected chi connectivity index (χ2v) is 4.29. The lowest BCUT2D eigenvalue weighted by Crippen LogP contribution is -2.10. The molecule has 0 amide bonds. The number of nitro benzene ring substituents is 1. The van der Waals surface area contributed by atoms with Crippen LogP contribution in [0.25, 0.3) is 0 Å². The molecule has 0 saturated heterocycles. The Bertz CT molecular complexity index is 784. The summed E-state index contributed by atoms with van der Waals surface area (Å²) in [6.07, 6.45) is 1.37. The number of nitrogens with one attached hydrogen (secondary N) is 2. The van der Waals surface area contributed by atoms with Crippen molar-refractivity contribution < 1.29 is 9.66 Å².